The number of ether oxygens (including phenoxy) is 1. The highest BCUT2D eigenvalue weighted by atomic mass is 32.2. The smallest absolute Gasteiger partial charge is 0.341 e. The Morgan fingerprint density at radius 1 is 1.00 bits per heavy atom. The Hall–Kier alpha value is -2.68. The first kappa shape index (κ1) is 20.1. The number of para-hydroxylation sites is 1. The number of piperazine rings is 1. The van der Waals surface area contributed by atoms with E-state index in [9.17, 15) is 22.0 Å². The zero-order valence-corrected chi connectivity index (χ0v) is 16.0. The first-order valence-corrected chi connectivity index (χ1v) is 10.2. The fraction of sp³-hybridized carbons (Fsp3) is 0.316. The van der Waals surface area contributed by atoms with Gasteiger partial charge < -0.3 is 14.5 Å². The summed E-state index contributed by atoms with van der Waals surface area (Å²) in [6.45, 7) is 1.40. The van der Waals surface area contributed by atoms with Crippen LogP contribution in [0, 0.1) is 0 Å². The Morgan fingerprint density at radius 2 is 1.61 bits per heavy atom. The summed E-state index contributed by atoms with van der Waals surface area (Å²) in [5, 5.41) is 0. The van der Waals surface area contributed by atoms with E-state index in [1.165, 1.54) is 18.2 Å². The summed E-state index contributed by atoms with van der Waals surface area (Å²) in [6, 6.07) is 12.5. The fourth-order valence-electron chi connectivity index (χ4n) is 3.12. The van der Waals surface area contributed by atoms with Gasteiger partial charge >= 0.3 is 5.76 Å². The van der Waals surface area contributed by atoms with Gasteiger partial charge in [0, 0.05) is 31.7 Å². The molecule has 150 valence electrons. The van der Waals surface area contributed by atoms with Crippen LogP contribution in [0.2, 0.25) is 0 Å². The van der Waals surface area contributed by atoms with E-state index in [4.69, 9.17) is 4.74 Å². The Morgan fingerprint density at radius 3 is 2.18 bits per heavy atom. The highest BCUT2D eigenvalue weighted by Crippen LogP contribution is 2.30. The van der Waals surface area contributed by atoms with Gasteiger partial charge in [0.05, 0.1) is 17.7 Å². The topological polar surface area (TPSA) is 66.9 Å². The molecular weight excluding hydrogens is 390 g/mol. The summed E-state index contributed by atoms with van der Waals surface area (Å²) >= 11 is 0. The van der Waals surface area contributed by atoms with Crippen LogP contribution in [0.3, 0.4) is 0 Å². The molecule has 28 heavy (non-hydrogen) atoms. The van der Waals surface area contributed by atoms with E-state index in [0.29, 0.717) is 37.5 Å². The molecule has 3 rings (SSSR count). The molecule has 1 aliphatic rings. The van der Waals surface area contributed by atoms with Crippen molar-refractivity contribution in [3.8, 4) is 5.75 Å². The van der Waals surface area contributed by atoms with Crippen LogP contribution in [0.1, 0.15) is 10.4 Å². The zero-order valence-electron chi connectivity index (χ0n) is 15.2. The maximum Gasteiger partial charge on any atom is 0.341 e. The minimum atomic E-state index is -4.70. The molecule has 1 fully saturated rings. The van der Waals surface area contributed by atoms with Crippen molar-refractivity contribution in [2.24, 2.45) is 0 Å². The quantitative estimate of drug-likeness (QED) is 0.758. The van der Waals surface area contributed by atoms with Crippen molar-refractivity contribution in [3.05, 3.63) is 54.1 Å². The second-order valence-electron chi connectivity index (χ2n) is 6.28. The number of carbonyl (C=O) groups is 1. The second-order valence-corrected chi connectivity index (χ2v) is 8.17. The molecule has 2 aromatic carbocycles. The average molecular weight is 410 g/mol. The highest BCUT2D eigenvalue weighted by Gasteiger charge is 2.32. The minimum Gasteiger partial charge on any atom is -0.497 e. The van der Waals surface area contributed by atoms with Crippen LogP contribution < -0.4 is 9.64 Å². The van der Waals surface area contributed by atoms with Gasteiger partial charge in [-0.1, -0.05) is 12.1 Å². The maximum atomic E-state index is 13.0. The van der Waals surface area contributed by atoms with Gasteiger partial charge in [-0.2, -0.15) is 8.78 Å². The van der Waals surface area contributed by atoms with Gasteiger partial charge in [-0.15, -0.1) is 0 Å². The number of halogens is 2. The predicted molar refractivity (Wildman–Crippen MR) is 101 cm³/mol. The van der Waals surface area contributed by atoms with Gasteiger partial charge in [0.1, 0.15) is 5.75 Å². The summed E-state index contributed by atoms with van der Waals surface area (Å²) in [5.74, 6) is -2.97. The summed E-state index contributed by atoms with van der Waals surface area (Å²) in [6.07, 6.45) is 0. The molecule has 2 aromatic rings. The molecule has 0 bridgehead atoms. The first-order valence-electron chi connectivity index (χ1n) is 8.64. The van der Waals surface area contributed by atoms with Crippen molar-refractivity contribution in [2.75, 3.05) is 38.2 Å². The monoisotopic (exact) mass is 410 g/mol. The fourth-order valence-corrected chi connectivity index (χ4v) is 4.07. The lowest BCUT2D eigenvalue weighted by Gasteiger charge is -2.36. The highest BCUT2D eigenvalue weighted by molar-refractivity contribution is 7.91. The predicted octanol–water partition coefficient (Wildman–Crippen LogP) is 2.65. The number of methoxy groups -OCH3 is 1. The van der Waals surface area contributed by atoms with E-state index in [1.54, 1.807) is 47.2 Å². The molecule has 9 heteroatoms. The number of hydrogen-bond acceptors (Lipinski definition) is 5. The van der Waals surface area contributed by atoms with Crippen molar-refractivity contribution in [3.63, 3.8) is 0 Å². The van der Waals surface area contributed by atoms with Crippen molar-refractivity contribution in [1.82, 2.24) is 4.90 Å². The van der Waals surface area contributed by atoms with Crippen LogP contribution in [0.5, 0.6) is 5.75 Å². The molecule has 0 unspecified atom stereocenters. The number of rotatable bonds is 5. The number of alkyl halides is 2. The lowest BCUT2D eigenvalue weighted by atomic mass is 10.1. The SMILES string of the molecule is COc1ccc(C(=O)N2CCN(c3ccccc3S(=O)(=O)C(F)F)CC2)cc1. The molecule has 1 saturated heterocycles. The molecule has 0 aromatic heterocycles. The van der Waals surface area contributed by atoms with Crippen LogP contribution in [0.4, 0.5) is 14.5 Å². The molecule has 0 radical (unpaired) electrons. The molecule has 0 spiro atoms. The number of benzene rings is 2. The molecular formula is C19H20F2N2O4S. The molecule has 6 nitrogen and oxygen atoms in total. The Balaban J connectivity index is 1.73. The van der Waals surface area contributed by atoms with Crippen molar-refractivity contribution in [1.29, 1.82) is 0 Å². The molecule has 0 saturated carbocycles. The number of hydrogen-bond donors (Lipinski definition) is 0. The third-order valence-corrected chi connectivity index (χ3v) is 6.08. The van der Waals surface area contributed by atoms with E-state index < -0.39 is 15.6 Å². The second kappa shape index (κ2) is 8.14. The summed E-state index contributed by atoms with van der Waals surface area (Å²) in [7, 11) is -3.16. The third kappa shape index (κ3) is 3.94. The lowest BCUT2D eigenvalue weighted by molar-refractivity contribution is 0.0746. The van der Waals surface area contributed by atoms with Crippen LogP contribution in [-0.2, 0) is 9.84 Å². The summed E-state index contributed by atoms with van der Waals surface area (Å²) in [4.78, 5) is 15.6. The number of anilines is 1. The van der Waals surface area contributed by atoms with E-state index in [2.05, 4.69) is 0 Å². The average Bonchev–Trinajstić information content (AvgIpc) is 2.73. The van der Waals surface area contributed by atoms with Crippen LogP contribution in [0.25, 0.3) is 0 Å². The van der Waals surface area contributed by atoms with Gasteiger partial charge in [0.25, 0.3) is 5.91 Å². The molecule has 1 aliphatic heterocycles. The minimum absolute atomic E-state index is 0.143. The van der Waals surface area contributed by atoms with E-state index >= 15 is 0 Å². The van der Waals surface area contributed by atoms with E-state index in [0.717, 1.165) is 0 Å². The van der Waals surface area contributed by atoms with Crippen LogP contribution in [0.15, 0.2) is 53.4 Å². The molecule has 0 N–H and O–H groups in total. The van der Waals surface area contributed by atoms with Crippen LogP contribution >= 0.6 is 0 Å². The number of nitrogens with zero attached hydrogens (tertiary/aromatic N) is 2. The maximum absolute atomic E-state index is 13.0. The normalized spacial score (nSPS) is 15.0. The van der Waals surface area contributed by atoms with Crippen molar-refractivity contribution >= 4 is 21.4 Å². The molecule has 0 atom stereocenters. The van der Waals surface area contributed by atoms with E-state index in [-0.39, 0.29) is 16.5 Å². The molecule has 0 aliphatic carbocycles. The van der Waals surface area contributed by atoms with Gasteiger partial charge in [0.2, 0.25) is 9.84 Å². The Kier molecular flexibility index (Phi) is 5.83. The standard InChI is InChI=1S/C19H20F2N2O4S/c1-27-15-8-6-14(7-9-15)18(24)23-12-10-22(11-13-23)16-4-2-3-5-17(16)28(25,26)19(20)21/h2-9,19H,10-13H2,1H3. The molecule has 1 heterocycles. The van der Waals surface area contributed by atoms with Gasteiger partial charge in [0.15, 0.2) is 0 Å². The van der Waals surface area contributed by atoms with Gasteiger partial charge in [-0.3, -0.25) is 4.79 Å². The molecule has 1 amide bonds. The Labute approximate surface area is 162 Å². The zero-order chi connectivity index (χ0) is 20.3. The van der Waals surface area contributed by atoms with Crippen LogP contribution in [-0.4, -0.2) is 58.3 Å². The lowest BCUT2D eigenvalue weighted by Crippen LogP contribution is -2.49. The van der Waals surface area contributed by atoms with Gasteiger partial charge in [-0.05, 0) is 36.4 Å². The number of carbonyl (C=O) groups excluding carboxylic acids is 1. The van der Waals surface area contributed by atoms with Crippen molar-refractivity contribution in [2.45, 2.75) is 10.7 Å². The number of amides is 1. The number of sulfone groups is 1. The Bertz CT molecular complexity index is 941. The third-order valence-electron chi connectivity index (χ3n) is 4.65. The summed E-state index contributed by atoms with van der Waals surface area (Å²) < 4.78 is 55.0. The first-order chi connectivity index (χ1) is 13.3. The van der Waals surface area contributed by atoms with Crippen molar-refractivity contribution < 1.29 is 26.7 Å². The van der Waals surface area contributed by atoms with E-state index in [1.807, 2.05) is 0 Å². The largest absolute Gasteiger partial charge is 0.497 e. The summed E-state index contributed by atoms with van der Waals surface area (Å²) in [5.41, 5.74) is 0.759. The van der Waals surface area contributed by atoms with Gasteiger partial charge in [-0.25, -0.2) is 8.42 Å².